The molecule has 5 heteroatoms. The number of halogens is 4. The lowest BCUT2D eigenvalue weighted by molar-refractivity contribution is -0.137. The summed E-state index contributed by atoms with van der Waals surface area (Å²) >= 11 is 0. The maximum absolute atomic E-state index is 13.1. The van der Waals surface area contributed by atoms with E-state index in [9.17, 15) is 17.6 Å². The first-order valence-electron chi connectivity index (χ1n) is 3.92. The van der Waals surface area contributed by atoms with E-state index in [1.54, 1.807) is 0 Å². The van der Waals surface area contributed by atoms with E-state index in [0.29, 0.717) is 0 Å². The number of benzene rings is 1. The monoisotopic (exact) mass is 207 g/mol. The maximum Gasteiger partial charge on any atom is 0.416 e. The SMILES string of the molecule is Cc1cc(C(F)(F)F)cc(CN)c1F. The topological polar surface area (TPSA) is 26.0 Å². The molecule has 0 aliphatic rings. The molecule has 0 spiro atoms. The van der Waals surface area contributed by atoms with Gasteiger partial charge in [0.25, 0.3) is 0 Å². The van der Waals surface area contributed by atoms with E-state index in [0.717, 1.165) is 12.1 Å². The maximum atomic E-state index is 13.1. The molecule has 14 heavy (non-hydrogen) atoms. The average Bonchev–Trinajstić information content (AvgIpc) is 2.07. The quantitative estimate of drug-likeness (QED) is 0.704. The Kier molecular flexibility index (Phi) is 2.80. The molecule has 78 valence electrons. The molecule has 0 aliphatic heterocycles. The van der Waals surface area contributed by atoms with Gasteiger partial charge in [-0.05, 0) is 24.6 Å². The van der Waals surface area contributed by atoms with Crippen molar-refractivity contribution in [3.8, 4) is 0 Å². The van der Waals surface area contributed by atoms with Crippen LogP contribution in [0.3, 0.4) is 0 Å². The molecule has 0 atom stereocenters. The molecule has 1 aromatic carbocycles. The van der Waals surface area contributed by atoms with Crippen LogP contribution in [0.1, 0.15) is 16.7 Å². The summed E-state index contributed by atoms with van der Waals surface area (Å²) in [6.07, 6.45) is -4.46. The molecule has 1 nitrogen and oxygen atoms in total. The Balaban J connectivity index is 3.30. The summed E-state index contributed by atoms with van der Waals surface area (Å²) in [6, 6.07) is 1.51. The minimum absolute atomic E-state index is 0.0414. The molecule has 1 rings (SSSR count). The van der Waals surface area contributed by atoms with E-state index in [4.69, 9.17) is 5.73 Å². The van der Waals surface area contributed by atoms with E-state index in [2.05, 4.69) is 0 Å². The fourth-order valence-corrected chi connectivity index (χ4v) is 1.15. The number of rotatable bonds is 1. The van der Waals surface area contributed by atoms with E-state index in [1.807, 2.05) is 0 Å². The number of alkyl halides is 3. The summed E-state index contributed by atoms with van der Waals surface area (Å²) in [4.78, 5) is 0. The molecule has 0 saturated heterocycles. The van der Waals surface area contributed by atoms with Gasteiger partial charge in [0, 0.05) is 12.1 Å². The summed E-state index contributed by atoms with van der Waals surface area (Å²) in [6.45, 7) is 1.04. The van der Waals surface area contributed by atoms with Crippen molar-refractivity contribution < 1.29 is 17.6 Å². The standard InChI is InChI=1S/C9H9F4N/c1-5-2-7(9(11,12)13)3-6(4-14)8(5)10/h2-3H,4,14H2,1H3. The first-order valence-corrected chi connectivity index (χ1v) is 3.92. The van der Waals surface area contributed by atoms with Crippen LogP contribution < -0.4 is 5.73 Å². The lowest BCUT2D eigenvalue weighted by Gasteiger charge is -2.10. The highest BCUT2D eigenvalue weighted by atomic mass is 19.4. The predicted octanol–water partition coefficient (Wildman–Crippen LogP) is 2.61. The van der Waals surface area contributed by atoms with Crippen molar-refractivity contribution in [2.75, 3.05) is 0 Å². The number of hydrogen-bond donors (Lipinski definition) is 1. The van der Waals surface area contributed by atoms with Crippen LogP contribution in [0.15, 0.2) is 12.1 Å². The van der Waals surface area contributed by atoms with Crippen molar-refractivity contribution in [3.63, 3.8) is 0 Å². The molecular formula is C9H9F4N. The zero-order valence-corrected chi connectivity index (χ0v) is 7.45. The third-order valence-corrected chi connectivity index (χ3v) is 1.88. The summed E-state index contributed by atoms with van der Waals surface area (Å²) < 4.78 is 49.9. The van der Waals surface area contributed by atoms with Gasteiger partial charge in [-0.3, -0.25) is 0 Å². The molecule has 0 aliphatic carbocycles. The normalized spacial score (nSPS) is 11.9. The fourth-order valence-electron chi connectivity index (χ4n) is 1.15. The van der Waals surface area contributed by atoms with Crippen LogP contribution in [0.25, 0.3) is 0 Å². The Hall–Kier alpha value is -1.10. The van der Waals surface area contributed by atoms with Crippen molar-refractivity contribution >= 4 is 0 Å². The molecule has 0 bridgehead atoms. The highest BCUT2D eigenvalue weighted by Gasteiger charge is 2.31. The summed E-state index contributed by atoms with van der Waals surface area (Å²) in [5.74, 6) is -0.666. The van der Waals surface area contributed by atoms with Gasteiger partial charge < -0.3 is 5.73 Å². The molecule has 0 fully saturated rings. The molecule has 0 radical (unpaired) electrons. The van der Waals surface area contributed by atoms with Gasteiger partial charge in [-0.15, -0.1) is 0 Å². The average molecular weight is 207 g/mol. The zero-order chi connectivity index (χ0) is 10.9. The Labute approximate surface area is 78.5 Å². The molecule has 1 aromatic rings. The van der Waals surface area contributed by atoms with Crippen LogP contribution in [-0.2, 0) is 12.7 Å². The van der Waals surface area contributed by atoms with E-state index in [1.165, 1.54) is 6.92 Å². The van der Waals surface area contributed by atoms with Crippen LogP contribution in [-0.4, -0.2) is 0 Å². The molecule has 0 aromatic heterocycles. The first-order chi connectivity index (χ1) is 6.36. The van der Waals surface area contributed by atoms with Crippen LogP contribution >= 0.6 is 0 Å². The second kappa shape index (κ2) is 3.57. The molecule has 0 unspecified atom stereocenters. The number of aryl methyl sites for hydroxylation is 1. The smallest absolute Gasteiger partial charge is 0.326 e. The summed E-state index contributed by atoms with van der Waals surface area (Å²) in [7, 11) is 0. The molecule has 0 heterocycles. The van der Waals surface area contributed by atoms with Crippen LogP contribution in [0.5, 0.6) is 0 Å². The van der Waals surface area contributed by atoms with Gasteiger partial charge in [0.2, 0.25) is 0 Å². The second-order valence-corrected chi connectivity index (χ2v) is 2.97. The summed E-state index contributed by atoms with van der Waals surface area (Å²) in [5.41, 5.74) is 4.11. The van der Waals surface area contributed by atoms with Crippen molar-refractivity contribution in [3.05, 3.63) is 34.6 Å². The molecule has 0 saturated carbocycles. The first kappa shape index (κ1) is 11.0. The van der Waals surface area contributed by atoms with Crippen molar-refractivity contribution in [2.45, 2.75) is 19.6 Å². The van der Waals surface area contributed by atoms with Crippen LogP contribution in [0, 0.1) is 12.7 Å². The summed E-state index contributed by atoms with van der Waals surface area (Å²) in [5, 5.41) is 0. The highest BCUT2D eigenvalue weighted by Crippen LogP contribution is 2.31. The van der Waals surface area contributed by atoms with Gasteiger partial charge >= 0.3 is 6.18 Å². The van der Waals surface area contributed by atoms with Gasteiger partial charge in [0.15, 0.2) is 0 Å². The van der Waals surface area contributed by atoms with Gasteiger partial charge in [-0.25, -0.2) is 4.39 Å². The lowest BCUT2D eigenvalue weighted by Crippen LogP contribution is -2.09. The van der Waals surface area contributed by atoms with Gasteiger partial charge in [0.1, 0.15) is 5.82 Å². The van der Waals surface area contributed by atoms with E-state index >= 15 is 0 Å². The highest BCUT2D eigenvalue weighted by molar-refractivity contribution is 5.32. The predicted molar refractivity (Wildman–Crippen MR) is 44.0 cm³/mol. The van der Waals surface area contributed by atoms with Gasteiger partial charge in [-0.2, -0.15) is 13.2 Å². The van der Waals surface area contributed by atoms with Gasteiger partial charge in [-0.1, -0.05) is 0 Å². The fraction of sp³-hybridized carbons (Fsp3) is 0.333. The Morgan fingerprint density at radius 3 is 2.29 bits per heavy atom. The number of hydrogen-bond acceptors (Lipinski definition) is 1. The minimum Gasteiger partial charge on any atom is -0.326 e. The van der Waals surface area contributed by atoms with Gasteiger partial charge in [0.05, 0.1) is 5.56 Å². The van der Waals surface area contributed by atoms with Crippen molar-refractivity contribution in [1.29, 1.82) is 0 Å². The lowest BCUT2D eigenvalue weighted by atomic mass is 10.1. The third kappa shape index (κ3) is 2.04. The molecular weight excluding hydrogens is 198 g/mol. The van der Waals surface area contributed by atoms with E-state index in [-0.39, 0.29) is 17.7 Å². The van der Waals surface area contributed by atoms with Crippen LogP contribution in [0.4, 0.5) is 17.6 Å². The van der Waals surface area contributed by atoms with Crippen molar-refractivity contribution in [1.82, 2.24) is 0 Å². The minimum atomic E-state index is -4.46. The molecule has 2 N–H and O–H groups in total. The largest absolute Gasteiger partial charge is 0.416 e. The second-order valence-electron chi connectivity index (χ2n) is 2.97. The Bertz CT molecular complexity index is 343. The molecule has 0 amide bonds. The Morgan fingerprint density at radius 2 is 1.86 bits per heavy atom. The third-order valence-electron chi connectivity index (χ3n) is 1.88. The number of nitrogens with two attached hydrogens (primary N) is 1. The zero-order valence-electron chi connectivity index (χ0n) is 7.45. The van der Waals surface area contributed by atoms with E-state index < -0.39 is 17.6 Å². The van der Waals surface area contributed by atoms with Crippen LogP contribution in [0.2, 0.25) is 0 Å². The van der Waals surface area contributed by atoms with Crippen molar-refractivity contribution in [2.24, 2.45) is 5.73 Å². The Morgan fingerprint density at radius 1 is 1.29 bits per heavy atom.